The topological polar surface area (TPSA) is 84.9 Å². The Morgan fingerprint density at radius 3 is 2.43 bits per heavy atom. The van der Waals surface area contributed by atoms with Gasteiger partial charge < -0.3 is 19.9 Å². The van der Waals surface area contributed by atoms with E-state index in [0.717, 1.165) is 0 Å². The number of nitrogens with one attached hydrogen (secondary N) is 1. The normalized spacial score (nSPS) is 13.1. The van der Waals surface area contributed by atoms with E-state index in [9.17, 15) is 9.59 Å². The summed E-state index contributed by atoms with van der Waals surface area (Å²) < 4.78 is 10.9. The highest BCUT2D eigenvalue weighted by Crippen LogP contribution is 2.26. The van der Waals surface area contributed by atoms with Crippen LogP contribution >= 0.6 is 0 Å². The average molecular weight is 295 g/mol. The molecular formula is C15H21NO5. The maximum absolute atomic E-state index is 11.7. The van der Waals surface area contributed by atoms with Crippen molar-refractivity contribution in [3.8, 4) is 11.5 Å². The number of aliphatic carboxylic acids is 1. The van der Waals surface area contributed by atoms with Crippen LogP contribution in [-0.2, 0) is 9.59 Å². The van der Waals surface area contributed by atoms with Crippen LogP contribution < -0.4 is 14.8 Å². The largest absolute Gasteiger partial charge is 0.493 e. The van der Waals surface area contributed by atoms with Crippen molar-refractivity contribution in [2.24, 2.45) is 5.92 Å². The lowest BCUT2D eigenvalue weighted by atomic mass is 10.1. The zero-order chi connectivity index (χ0) is 15.8. The first-order valence-electron chi connectivity index (χ1n) is 6.73. The highest BCUT2D eigenvalue weighted by atomic mass is 16.5. The monoisotopic (exact) mass is 295 g/mol. The lowest BCUT2D eigenvalue weighted by molar-refractivity contribution is -0.140. The number of ether oxygens (including phenoxy) is 2. The average Bonchev–Trinajstić information content (AvgIpc) is 2.44. The first-order valence-corrected chi connectivity index (χ1v) is 6.73. The standard InChI is InChI=1S/C15H21NO5/c1-10(8-14(17)18)15(19)16-9-11(2)21-13-7-5-4-6-12(13)20-3/h4-7,10-11H,8-9H2,1-3H3,(H,16,19)(H,17,18)/t10-,11-/m0/s1. The van der Waals surface area contributed by atoms with Crippen LogP contribution in [0.3, 0.4) is 0 Å². The Labute approximate surface area is 124 Å². The zero-order valence-corrected chi connectivity index (χ0v) is 12.5. The third-order valence-corrected chi connectivity index (χ3v) is 2.89. The molecular weight excluding hydrogens is 274 g/mol. The summed E-state index contributed by atoms with van der Waals surface area (Å²) >= 11 is 0. The number of hydrogen-bond acceptors (Lipinski definition) is 4. The molecule has 2 N–H and O–H groups in total. The van der Waals surface area contributed by atoms with Crippen LogP contribution in [0.25, 0.3) is 0 Å². The Bertz CT molecular complexity index is 489. The van der Waals surface area contributed by atoms with Gasteiger partial charge in [-0.25, -0.2) is 0 Å². The highest BCUT2D eigenvalue weighted by Gasteiger charge is 2.17. The van der Waals surface area contributed by atoms with Gasteiger partial charge in [-0.1, -0.05) is 19.1 Å². The molecule has 1 aromatic rings. The van der Waals surface area contributed by atoms with Crippen LogP contribution in [0.2, 0.25) is 0 Å². The van der Waals surface area contributed by atoms with Crippen LogP contribution in [0.1, 0.15) is 20.3 Å². The van der Waals surface area contributed by atoms with E-state index >= 15 is 0 Å². The zero-order valence-electron chi connectivity index (χ0n) is 12.5. The van der Waals surface area contributed by atoms with E-state index in [0.29, 0.717) is 18.0 Å². The van der Waals surface area contributed by atoms with Crippen molar-refractivity contribution in [1.82, 2.24) is 5.32 Å². The maximum atomic E-state index is 11.7. The van der Waals surface area contributed by atoms with Gasteiger partial charge in [-0.05, 0) is 19.1 Å². The molecule has 6 heteroatoms. The van der Waals surface area contributed by atoms with Crippen LogP contribution in [0, 0.1) is 5.92 Å². The van der Waals surface area contributed by atoms with E-state index < -0.39 is 11.9 Å². The molecule has 0 aromatic heterocycles. The number of hydrogen-bond donors (Lipinski definition) is 2. The lowest BCUT2D eigenvalue weighted by Gasteiger charge is -2.18. The van der Waals surface area contributed by atoms with Crippen LogP contribution in [0.15, 0.2) is 24.3 Å². The van der Waals surface area contributed by atoms with Gasteiger partial charge in [0, 0.05) is 5.92 Å². The second-order valence-corrected chi connectivity index (χ2v) is 4.82. The number of para-hydroxylation sites is 2. The van der Waals surface area contributed by atoms with Crippen molar-refractivity contribution in [3.63, 3.8) is 0 Å². The first-order chi connectivity index (χ1) is 9.93. The van der Waals surface area contributed by atoms with Crippen LogP contribution in [-0.4, -0.2) is 36.7 Å². The first kappa shape index (κ1) is 16.8. The summed E-state index contributed by atoms with van der Waals surface area (Å²) in [5.74, 6) is -0.639. The Kier molecular flexibility index (Phi) is 6.52. The Balaban J connectivity index is 2.45. The van der Waals surface area contributed by atoms with Gasteiger partial charge >= 0.3 is 5.97 Å². The molecule has 21 heavy (non-hydrogen) atoms. The summed E-state index contributed by atoms with van der Waals surface area (Å²) in [6.45, 7) is 3.69. The fraction of sp³-hybridized carbons (Fsp3) is 0.467. The third-order valence-electron chi connectivity index (χ3n) is 2.89. The maximum Gasteiger partial charge on any atom is 0.304 e. The van der Waals surface area contributed by atoms with Gasteiger partial charge in [0.1, 0.15) is 6.10 Å². The van der Waals surface area contributed by atoms with E-state index in [4.69, 9.17) is 14.6 Å². The van der Waals surface area contributed by atoms with Crippen molar-refractivity contribution in [1.29, 1.82) is 0 Å². The van der Waals surface area contributed by atoms with Crippen molar-refractivity contribution in [3.05, 3.63) is 24.3 Å². The van der Waals surface area contributed by atoms with Gasteiger partial charge in [0.2, 0.25) is 5.91 Å². The Hall–Kier alpha value is -2.24. The molecule has 2 atom stereocenters. The molecule has 0 aliphatic heterocycles. The predicted molar refractivity (Wildman–Crippen MR) is 77.5 cm³/mol. The lowest BCUT2D eigenvalue weighted by Crippen LogP contribution is -2.37. The number of methoxy groups -OCH3 is 1. The third kappa shape index (κ3) is 5.72. The van der Waals surface area contributed by atoms with Gasteiger partial charge in [0.25, 0.3) is 0 Å². The molecule has 0 aliphatic rings. The van der Waals surface area contributed by atoms with Crippen LogP contribution in [0.5, 0.6) is 11.5 Å². The quantitative estimate of drug-likeness (QED) is 0.762. The summed E-state index contributed by atoms with van der Waals surface area (Å²) in [6.07, 6.45) is -0.449. The number of carboxylic acid groups (broad SMARTS) is 1. The molecule has 0 fully saturated rings. The summed E-state index contributed by atoms with van der Waals surface area (Å²) in [4.78, 5) is 22.2. The molecule has 116 valence electrons. The van der Waals surface area contributed by atoms with Gasteiger partial charge in [0.05, 0.1) is 20.1 Å². The summed E-state index contributed by atoms with van der Waals surface area (Å²) in [7, 11) is 1.56. The van der Waals surface area contributed by atoms with E-state index in [1.807, 2.05) is 19.1 Å². The predicted octanol–water partition coefficient (Wildman–Crippen LogP) is 1.69. The van der Waals surface area contributed by atoms with E-state index in [1.54, 1.807) is 26.2 Å². The number of rotatable bonds is 8. The molecule has 1 rings (SSSR count). The molecule has 0 unspecified atom stereocenters. The summed E-state index contributed by atoms with van der Waals surface area (Å²) in [5.41, 5.74) is 0. The smallest absolute Gasteiger partial charge is 0.304 e. The number of benzene rings is 1. The Morgan fingerprint density at radius 1 is 1.24 bits per heavy atom. The minimum absolute atomic E-state index is 0.187. The molecule has 0 spiro atoms. The molecule has 0 heterocycles. The highest BCUT2D eigenvalue weighted by molar-refractivity contribution is 5.82. The molecule has 0 saturated heterocycles. The van der Waals surface area contributed by atoms with Crippen molar-refractivity contribution in [2.45, 2.75) is 26.4 Å². The van der Waals surface area contributed by atoms with E-state index in [1.165, 1.54) is 0 Å². The minimum Gasteiger partial charge on any atom is -0.493 e. The number of amides is 1. The Morgan fingerprint density at radius 2 is 1.86 bits per heavy atom. The fourth-order valence-electron chi connectivity index (χ4n) is 1.75. The second-order valence-electron chi connectivity index (χ2n) is 4.82. The van der Waals surface area contributed by atoms with Crippen molar-refractivity contribution < 1.29 is 24.2 Å². The van der Waals surface area contributed by atoms with Crippen molar-refractivity contribution in [2.75, 3.05) is 13.7 Å². The minimum atomic E-state index is -0.990. The number of carboxylic acids is 1. The molecule has 0 aliphatic carbocycles. The molecule has 1 amide bonds. The van der Waals surface area contributed by atoms with Gasteiger partial charge in [0.15, 0.2) is 11.5 Å². The van der Waals surface area contributed by atoms with Crippen LogP contribution in [0.4, 0.5) is 0 Å². The number of carbonyl (C=O) groups is 2. The summed E-state index contributed by atoms with van der Waals surface area (Å²) in [6, 6.07) is 7.24. The number of carbonyl (C=O) groups excluding carboxylic acids is 1. The van der Waals surface area contributed by atoms with Gasteiger partial charge in [-0.2, -0.15) is 0 Å². The fourth-order valence-corrected chi connectivity index (χ4v) is 1.75. The summed E-state index contributed by atoms with van der Waals surface area (Å²) in [5, 5.41) is 11.3. The second kappa shape index (κ2) is 8.14. The van der Waals surface area contributed by atoms with E-state index in [-0.39, 0.29) is 18.4 Å². The van der Waals surface area contributed by atoms with Crippen molar-refractivity contribution >= 4 is 11.9 Å². The van der Waals surface area contributed by atoms with Gasteiger partial charge in [-0.3, -0.25) is 9.59 Å². The molecule has 1 aromatic carbocycles. The molecule has 6 nitrogen and oxygen atoms in total. The molecule has 0 saturated carbocycles. The van der Waals surface area contributed by atoms with E-state index in [2.05, 4.69) is 5.32 Å². The molecule has 0 bridgehead atoms. The molecule has 0 radical (unpaired) electrons. The van der Waals surface area contributed by atoms with Gasteiger partial charge in [-0.15, -0.1) is 0 Å². The SMILES string of the molecule is COc1ccccc1O[C@@H](C)CNC(=O)[C@@H](C)CC(=O)O.